The second-order valence-electron chi connectivity index (χ2n) is 6.67. The van der Waals surface area contributed by atoms with E-state index >= 15 is 0 Å². The summed E-state index contributed by atoms with van der Waals surface area (Å²) in [5.41, 5.74) is 3.37. The second kappa shape index (κ2) is 9.76. The molecule has 0 heterocycles. The van der Waals surface area contributed by atoms with E-state index in [0.29, 0.717) is 24.5 Å². The first-order chi connectivity index (χ1) is 13.7. The summed E-state index contributed by atoms with van der Waals surface area (Å²) in [5, 5.41) is 5.84. The van der Waals surface area contributed by atoms with Gasteiger partial charge in [-0.3, -0.25) is 4.79 Å². The average molecular weight is 420 g/mol. The maximum atomic E-state index is 12.8. The predicted octanol–water partition coefficient (Wildman–Crippen LogP) is 3.39. The molecule has 2 aromatic carbocycles. The summed E-state index contributed by atoms with van der Waals surface area (Å²) in [6.45, 7) is 8.32. The minimum Gasteiger partial charge on any atom is -0.495 e. The highest BCUT2D eigenvalue weighted by atomic mass is 32.2. The predicted molar refractivity (Wildman–Crippen MR) is 116 cm³/mol. The molecule has 1 amide bonds. The third-order valence-electron chi connectivity index (χ3n) is 4.61. The van der Waals surface area contributed by atoms with E-state index in [1.807, 2.05) is 32.0 Å². The fourth-order valence-corrected chi connectivity index (χ4v) is 4.52. The van der Waals surface area contributed by atoms with Crippen LogP contribution in [0.4, 0.5) is 11.4 Å². The number of nitrogens with zero attached hydrogens (tertiary/aromatic N) is 1. The van der Waals surface area contributed by atoms with Gasteiger partial charge in [0, 0.05) is 18.8 Å². The first kappa shape index (κ1) is 22.7. The van der Waals surface area contributed by atoms with Crippen molar-refractivity contribution in [1.29, 1.82) is 0 Å². The zero-order valence-corrected chi connectivity index (χ0v) is 18.4. The van der Waals surface area contributed by atoms with Gasteiger partial charge in [0.05, 0.1) is 24.2 Å². The summed E-state index contributed by atoms with van der Waals surface area (Å²) in [7, 11) is -2.17. The number of carbonyl (C=O) groups excluding carboxylic acids is 1. The zero-order chi connectivity index (χ0) is 21.6. The molecule has 0 spiro atoms. The van der Waals surface area contributed by atoms with Gasteiger partial charge in [0.2, 0.25) is 15.9 Å². The highest BCUT2D eigenvalue weighted by Gasteiger charge is 2.23. The highest BCUT2D eigenvalue weighted by Crippen LogP contribution is 2.29. The Hall–Kier alpha value is -2.58. The number of amides is 1. The van der Waals surface area contributed by atoms with Gasteiger partial charge in [-0.25, -0.2) is 8.42 Å². The average Bonchev–Trinajstić information content (AvgIpc) is 2.68. The third kappa shape index (κ3) is 5.48. The van der Waals surface area contributed by atoms with Gasteiger partial charge in [0.15, 0.2) is 0 Å². The number of anilines is 2. The molecule has 2 aromatic rings. The molecule has 2 rings (SSSR count). The quantitative estimate of drug-likeness (QED) is 0.650. The van der Waals surface area contributed by atoms with E-state index < -0.39 is 10.0 Å². The third-order valence-corrected chi connectivity index (χ3v) is 6.66. The van der Waals surface area contributed by atoms with Crippen molar-refractivity contribution in [1.82, 2.24) is 4.31 Å². The standard InChI is InChI=1S/C21H29N3O4S/c1-6-24(7-2)29(26,27)17-9-11-20(28-5)19(13-17)23-21(25)14-22-18-10-8-15(3)12-16(18)4/h8-13,22H,6-7,14H2,1-5H3,(H,23,25). The summed E-state index contributed by atoms with van der Waals surface area (Å²) in [6, 6.07) is 10.4. The lowest BCUT2D eigenvalue weighted by Gasteiger charge is -2.19. The SMILES string of the molecule is CCN(CC)S(=O)(=O)c1ccc(OC)c(NC(=O)CNc2ccc(C)cc2C)c1. The van der Waals surface area contributed by atoms with Gasteiger partial charge in [-0.1, -0.05) is 31.5 Å². The number of methoxy groups -OCH3 is 1. The topological polar surface area (TPSA) is 87.7 Å². The lowest BCUT2D eigenvalue weighted by molar-refractivity contribution is -0.114. The number of ether oxygens (including phenoxy) is 1. The summed E-state index contributed by atoms with van der Waals surface area (Å²) in [6.07, 6.45) is 0. The van der Waals surface area contributed by atoms with Crippen molar-refractivity contribution in [3.8, 4) is 5.75 Å². The largest absolute Gasteiger partial charge is 0.495 e. The molecule has 0 atom stereocenters. The van der Waals surface area contributed by atoms with E-state index in [2.05, 4.69) is 10.6 Å². The Morgan fingerprint density at radius 3 is 2.31 bits per heavy atom. The maximum absolute atomic E-state index is 12.8. The van der Waals surface area contributed by atoms with Crippen LogP contribution in [-0.4, -0.2) is 45.4 Å². The van der Waals surface area contributed by atoms with Crippen molar-refractivity contribution in [3.63, 3.8) is 0 Å². The second-order valence-corrected chi connectivity index (χ2v) is 8.61. The molecule has 8 heteroatoms. The monoisotopic (exact) mass is 419 g/mol. The van der Waals surface area contributed by atoms with Crippen LogP contribution in [0.2, 0.25) is 0 Å². The molecule has 29 heavy (non-hydrogen) atoms. The fourth-order valence-electron chi connectivity index (χ4n) is 3.04. The molecule has 0 fully saturated rings. The van der Waals surface area contributed by atoms with Gasteiger partial charge in [0.25, 0.3) is 0 Å². The summed E-state index contributed by atoms with van der Waals surface area (Å²) < 4.78 is 32.2. The van der Waals surface area contributed by atoms with Crippen LogP contribution in [0.1, 0.15) is 25.0 Å². The van der Waals surface area contributed by atoms with Crippen molar-refractivity contribution in [2.75, 3.05) is 37.4 Å². The van der Waals surface area contributed by atoms with Crippen LogP contribution in [0.3, 0.4) is 0 Å². The van der Waals surface area contributed by atoms with Gasteiger partial charge in [-0.2, -0.15) is 4.31 Å². The van der Waals surface area contributed by atoms with Gasteiger partial charge in [-0.05, 0) is 43.7 Å². The van der Waals surface area contributed by atoms with Crippen LogP contribution >= 0.6 is 0 Å². The van der Waals surface area contributed by atoms with Gasteiger partial charge in [0.1, 0.15) is 5.75 Å². The fraction of sp³-hybridized carbons (Fsp3) is 0.381. The Labute approximate surface area is 173 Å². The van der Waals surface area contributed by atoms with Crippen LogP contribution in [0, 0.1) is 13.8 Å². The van der Waals surface area contributed by atoms with Crippen LogP contribution in [-0.2, 0) is 14.8 Å². The Balaban J connectivity index is 2.19. The molecular formula is C21H29N3O4S. The smallest absolute Gasteiger partial charge is 0.243 e. The Kier molecular flexibility index (Phi) is 7.64. The van der Waals surface area contributed by atoms with Crippen molar-refractivity contribution in [3.05, 3.63) is 47.5 Å². The summed E-state index contributed by atoms with van der Waals surface area (Å²) in [5.74, 6) is 0.0871. The van der Waals surface area contributed by atoms with Crippen LogP contribution < -0.4 is 15.4 Å². The van der Waals surface area contributed by atoms with Gasteiger partial charge in [-0.15, -0.1) is 0 Å². The number of nitrogens with one attached hydrogen (secondary N) is 2. The van der Waals surface area contributed by atoms with Gasteiger partial charge < -0.3 is 15.4 Å². The van der Waals surface area contributed by atoms with Crippen LogP contribution in [0.5, 0.6) is 5.75 Å². The van der Waals surface area contributed by atoms with Gasteiger partial charge >= 0.3 is 0 Å². The van der Waals surface area contributed by atoms with E-state index in [1.165, 1.54) is 23.5 Å². The Morgan fingerprint density at radius 2 is 1.72 bits per heavy atom. The first-order valence-electron chi connectivity index (χ1n) is 9.52. The number of hydrogen-bond acceptors (Lipinski definition) is 5. The molecule has 158 valence electrons. The Morgan fingerprint density at radius 1 is 1.03 bits per heavy atom. The zero-order valence-electron chi connectivity index (χ0n) is 17.6. The Bertz CT molecular complexity index is 970. The number of benzene rings is 2. The van der Waals surface area contributed by atoms with Crippen LogP contribution in [0.15, 0.2) is 41.3 Å². The van der Waals surface area contributed by atoms with Crippen molar-refractivity contribution >= 4 is 27.3 Å². The molecule has 0 unspecified atom stereocenters. The normalized spacial score (nSPS) is 11.4. The molecule has 0 aliphatic carbocycles. The number of carbonyl (C=O) groups is 1. The van der Waals surface area contributed by atoms with E-state index in [-0.39, 0.29) is 17.3 Å². The molecule has 0 aromatic heterocycles. The minimum atomic E-state index is -3.64. The van der Waals surface area contributed by atoms with E-state index in [1.54, 1.807) is 19.9 Å². The summed E-state index contributed by atoms with van der Waals surface area (Å²) >= 11 is 0. The lowest BCUT2D eigenvalue weighted by atomic mass is 10.1. The molecule has 7 nitrogen and oxygen atoms in total. The minimum absolute atomic E-state index is 0.0417. The van der Waals surface area contributed by atoms with E-state index in [0.717, 1.165) is 16.8 Å². The molecule has 0 saturated heterocycles. The first-order valence-corrected chi connectivity index (χ1v) is 11.0. The van der Waals surface area contributed by atoms with E-state index in [9.17, 15) is 13.2 Å². The van der Waals surface area contributed by atoms with Crippen molar-refractivity contribution < 1.29 is 17.9 Å². The van der Waals surface area contributed by atoms with Crippen molar-refractivity contribution in [2.45, 2.75) is 32.6 Å². The molecule has 0 saturated carbocycles. The highest BCUT2D eigenvalue weighted by molar-refractivity contribution is 7.89. The van der Waals surface area contributed by atoms with Crippen LogP contribution in [0.25, 0.3) is 0 Å². The number of rotatable bonds is 9. The molecule has 0 aliphatic heterocycles. The van der Waals surface area contributed by atoms with E-state index in [4.69, 9.17) is 4.74 Å². The molecule has 0 radical (unpaired) electrons. The number of hydrogen-bond donors (Lipinski definition) is 2. The summed E-state index contributed by atoms with van der Waals surface area (Å²) in [4.78, 5) is 12.6. The maximum Gasteiger partial charge on any atom is 0.243 e. The molecule has 2 N–H and O–H groups in total. The van der Waals surface area contributed by atoms with Crippen molar-refractivity contribution in [2.24, 2.45) is 0 Å². The lowest BCUT2D eigenvalue weighted by Crippen LogP contribution is -2.30. The number of sulfonamides is 1. The number of aryl methyl sites for hydroxylation is 2. The molecule has 0 bridgehead atoms. The molecule has 0 aliphatic rings. The molecular weight excluding hydrogens is 390 g/mol.